The number of piperazine rings is 1. The molecule has 0 aliphatic carbocycles. The summed E-state index contributed by atoms with van der Waals surface area (Å²) >= 11 is 1.39. The van der Waals surface area contributed by atoms with Crippen molar-refractivity contribution in [3.05, 3.63) is 65.5 Å². The molecule has 5 rings (SSSR count). The van der Waals surface area contributed by atoms with Crippen LogP contribution < -0.4 is 4.90 Å². The van der Waals surface area contributed by atoms with E-state index in [4.69, 9.17) is 8.83 Å². The van der Waals surface area contributed by atoms with E-state index in [0.29, 0.717) is 42.7 Å². The minimum Gasteiger partial charge on any atom is -0.459 e. The molecule has 0 spiro atoms. The van der Waals surface area contributed by atoms with Gasteiger partial charge in [-0.15, -0.1) is 11.3 Å². The van der Waals surface area contributed by atoms with Crippen LogP contribution in [0.4, 0.5) is 5.88 Å². The molecule has 3 aromatic heterocycles. The average Bonchev–Trinajstić information content (AvgIpc) is 3.59. The van der Waals surface area contributed by atoms with Crippen LogP contribution in [0, 0.1) is 11.3 Å². The van der Waals surface area contributed by atoms with Crippen molar-refractivity contribution in [2.75, 3.05) is 31.1 Å². The van der Waals surface area contributed by atoms with E-state index in [1.165, 1.54) is 17.6 Å². The zero-order valence-corrected chi connectivity index (χ0v) is 17.2. The van der Waals surface area contributed by atoms with Crippen LogP contribution in [0.15, 0.2) is 63.8 Å². The van der Waals surface area contributed by atoms with Gasteiger partial charge in [-0.25, -0.2) is 4.98 Å². The average molecular weight is 431 g/mol. The summed E-state index contributed by atoms with van der Waals surface area (Å²) in [4.78, 5) is 25.9. The van der Waals surface area contributed by atoms with E-state index < -0.39 is 0 Å². The third kappa shape index (κ3) is 3.69. The summed E-state index contributed by atoms with van der Waals surface area (Å²) < 4.78 is 11.1. The Morgan fingerprint density at radius 1 is 1.10 bits per heavy atom. The van der Waals surface area contributed by atoms with Crippen molar-refractivity contribution in [3.8, 4) is 28.3 Å². The molecule has 8 nitrogen and oxygen atoms in total. The number of carbonyl (C=O) groups excluding carboxylic acids is 1. The Morgan fingerprint density at radius 3 is 2.61 bits per heavy atom. The van der Waals surface area contributed by atoms with Crippen molar-refractivity contribution >= 4 is 23.1 Å². The second-order valence-corrected chi connectivity index (χ2v) is 7.97. The van der Waals surface area contributed by atoms with Gasteiger partial charge in [-0.3, -0.25) is 4.79 Å². The molecule has 1 aliphatic heterocycles. The molecule has 1 fully saturated rings. The second kappa shape index (κ2) is 8.08. The molecule has 0 unspecified atom stereocenters. The Hall–Kier alpha value is -3.90. The number of anilines is 1. The summed E-state index contributed by atoms with van der Waals surface area (Å²) in [5.41, 5.74) is 1.21. The fraction of sp³-hybridized carbons (Fsp3) is 0.182. The van der Waals surface area contributed by atoms with Crippen molar-refractivity contribution in [3.63, 3.8) is 0 Å². The first-order valence-corrected chi connectivity index (χ1v) is 10.5. The molecular weight excluding hydrogens is 414 g/mol. The van der Waals surface area contributed by atoms with Crippen molar-refractivity contribution in [1.82, 2.24) is 14.9 Å². The maximum absolute atomic E-state index is 12.9. The highest BCUT2D eigenvalue weighted by Gasteiger charge is 2.28. The number of furan rings is 1. The van der Waals surface area contributed by atoms with E-state index in [-0.39, 0.29) is 17.5 Å². The zero-order valence-electron chi connectivity index (χ0n) is 16.4. The van der Waals surface area contributed by atoms with Gasteiger partial charge in [0.2, 0.25) is 11.6 Å². The molecule has 0 radical (unpaired) electrons. The Bertz CT molecular complexity index is 1230. The lowest BCUT2D eigenvalue weighted by Crippen LogP contribution is -2.48. The summed E-state index contributed by atoms with van der Waals surface area (Å²) in [5, 5.41) is 10.3. The fourth-order valence-corrected chi connectivity index (χ4v) is 4.35. The molecule has 1 aromatic carbocycles. The van der Waals surface area contributed by atoms with Gasteiger partial charge in [0.1, 0.15) is 16.0 Å². The maximum Gasteiger partial charge on any atom is 0.266 e. The van der Waals surface area contributed by atoms with E-state index in [2.05, 4.69) is 16.0 Å². The predicted octanol–water partition coefficient (Wildman–Crippen LogP) is 3.89. The van der Waals surface area contributed by atoms with Gasteiger partial charge in [0.15, 0.2) is 5.76 Å². The lowest BCUT2D eigenvalue weighted by molar-refractivity contribution is 0.0750. The number of hydrogen-bond acceptors (Lipinski definition) is 8. The number of aromatic nitrogens is 2. The number of benzene rings is 1. The minimum absolute atomic E-state index is 0.0336. The van der Waals surface area contributed by atoms with Crippen LogP contribution in [0.25, 0.3) is 22.2 Å². The quantitative estimate of drug-likeness (QED) is 0.483. The Kier molecular flexibility index (Phi) is 4.98. The van der Waals surface area contributed by atoms with E-state index in [0.717, 1.165) is 10.6 Å². The topological polar surface area (TPSA) is 99.4 Å². The molecule has 31 heavy (non-hydrogen) atoms. The lowest BCUT2D eigenvalue weighted by Gasteiger charge is -2.34. The monoisotopic (exact) mass is 431 g/mol. The van der Waals surface area contributed by atoms with Gasteiger partial charge in [0, 0.05) is 31.7 Å². The molecule has 1 amide bonds. The third-order valence-corrected chi connectivity index (χ3v) is 6.07. The fourth-order valence-electron chi connectivity index (χ4n) is 3.46. The summed E-state index contributed by atoms with van der Waals surface area (Å²) in [6.45, 7) is 2.10. The number of hydrogen-bond donors (Lipinski definition) is 0. The van der Waals surface area contributed by atoms with Gasteiger partial charge in [-0.2, -0.15) is 10.2 Å². The summed E-state index contributed by atoms with van der Waals surface area (Å²) in [6.07, 6.45) is 3.17. The van der Waals surface area contributed by atoms with Crippen LogP contribution in [0.2, 0.25) is 0 Å². The molecule has 0 bridgehead atoms. The zero-order chi connectivity index (χ0) is 21.2. The smallest absolute Gasteiger partial charge is 0.266 e. The standard InChI is InChI=1S/C22H17N5O3S/c23-13-16-22(30-19(25-16)17-7-4-12-29-17)27-10-8-26(9-11-27)21(28)18-14-24-20(31-18)15-5-2-1-3-6-15/h1-7,12,14H,8-11H2. The van der Waals surface area contributed by atoms with Crippen LogP contribution in [0.3, 0.4) is 0 Å². The first-order valence-electron chi connectivity index (χ1n) is 9.73. The summed E-state index contributed by atoms with van der Waals surface area (Å²) in [7, 11) is 0. The van der Waals surface area contributed by atoms with Gasteiger partial charge in [0.25, 0.3) is 11.8 Å². The van der Waals surface area contributed by atoms with E-state index >= 15 is 0 Å². The largest absolute Gasteiger partial charge is 0.459 e. The molecule has 1 aliphatic rings. The highest BCUT2D eigenvalue weighted by Crippen LogP contribution is 2.30. The van der Waals surface area contributed by atoms with Crippen LogP contribution in [-0.2, 0) is 0 Å². The lowest BCUT2D eigenvalue weighted by atomic mass is 10.2. The molecular formula is C22H17N5O3S. The number of carbonyl (C=O) groups is 1. The third-order valence-electron chi connectivity index (χ3n) is 5.04. The Labute approximate surface area is 182 Å². The Morgan fingerprint density at radius 2 is 1.90 bits per heavy atom. The van der Waals surface area contributed by atoms with Gasteiger partial charge >= 0.3 is 0 Å². The van der Waals surface area contributed by atoms with E-state index in [9.17, 15) is 10.1 Å². The van der Waals surface area contributed by atoms with Crippen molar-refractivity contribution < 1.29 is 13.6 Å². The second-order valence-electron chi connectivity index (χ2n) is 6.94. The number of amides is 1. The molecule has 9 heteroatoms. The van der Waals surface area contributed by atoms with Gasteiger partial charge in [-0.05, 0) is 12.1 Å². The minimum atomic E-state index is -0.0336. The number of rotatable bonds is 4. The number of nitriles is 1. The highest BCUT2D eigenvalue weighted by molar-refractivity contribution is 7.16. The van der Waals surface area contributed by atoms with Crippen molar-refractivity contribution in [2.24, 2.45) is 0 Å². The van der Waals surface area contributed by atoms with Gasteiger partial charge in [0.05, 0.1) is 12.5 Å². The van der Waals surface area contributed by atoms with Crippen LogP contribution in [0.1, 0.15) is 15.4 Å². The number of thiazole rings is 1. The van der Waals surface area contributed by atoms with Crippen LogP contribution in [-0.4, -0.2) is 47.0 Å². The predicted molar refractivity (Wildman–Crippen MR) is 115 cm³/mol. The molecule has 0 saturated carbocycles. The SMILES string of the molecule is N#Cc1nc(-c2ccco2)oc1N1CCN(C(=O)c2cnc(-c3ccccc3)s2)CC1. The van der Waals surface area contributed by atoms with Gasteiger partial charge < -0.3 is 18.6 Å². The molecule has 154 valence electrons. The van der Waals surface area contributed by atoms with E-state index in [1.54, 1.807) is 23.2 Å². The van der Waals surface area contributed by atoms with E-state index in [1.807, 2.05) is 35.2 Å². The normalized spacial score (nSPS) is 13.9. The Balaban J connectivity index is 1.27. The maximum atomic E-state index is 12.9. The first kappa shape index (κ1) is 19.1. The molecule has 4 heterocycles. The van der Waals surface area contributed by atoms with Gasteiger partial charge in [-0.1, -0.05) is 30.3 Å². The first-order chi connectivity index (χ1) is 15.2. The number of oxazole rings is 1. The molecule has 1 saturated heterocycles. The molecule has 4 aromatic rings. The summed E-state index contributed by atoms with van der Waals surface area (Å²) in [6, 6.07) is 15.4. The molecule has 0 atom stereocenters. The highest BCUT2D eigenvalue weighted by atomic mass is 32.1. The van der Waals surface area contributed by atoms with Crippen LogP contribution in [0.5, 0.6) is 0 Å². The number of nitrogens with zero attached hydrogens (tertiary/aromatic N) is 5. The van der Waals surface area contributed by atoms with Crippen molar-refractivity contribution in [2.45, 2.75) is 0 Å². The molecule has 0 N–H and O–H groups in total. The van der Waals surface area contributed by atoms with Crippen molar-refractivity contribution in [1.29, 1.82) is 5.26 Å². The van der Waals surface area contributed by atoms with Crippen LogP contribution >= 0.6 is 11.3 Å². The summed E-state index contributed by atoms with van der Waals surface area (Å²) in [5.74, 6) is 1.11.